The van der Waals surface area contributed by atoms with Gasteiger partial charge in [0.25, 0.3) is 0 Å². The molecule has 4 nitrogen and oxygen atoms in total. The van der Waals surface area contributed by atoms with Crippen LogP contribution in [0.25, 0.3) is 0 Å². The maximum Gasteiger partial charge on any atom is 0.401 e. The van der Waals surface area contributed by atoms with Crippen molar-refractivity contribution in [3.8, 4) is 0 Å². The number of hydrogen-bond acceptors (Lipinski definition) is 2. The number of rotatable bonds is 8. The highest BCUT2D eigenvalue weighted by molar-refractivity contribution is 14.0. The van der Waals surface area contributed by atoms with Crippen molar-refractivity contribution in [2.24, 2.45) is 4.99 Å². The van der Waals surface area contributed by atoms with Crippen LogP contribution in [0.3, 0.4) is 0 Å². The molecule has 2 N–H and O–H groups in total. The molecule has 0 aliphatic carbocycles. The lowest BCUT2D eigenvalue weighted by Crippen LogP contribution is -2.48. The molecule has 0 spiro atoms. The van der Waals surface area contributed by atoms with Crippen LogP contribution in [-0.4, -0.2) is 55.3 Å². The van der Waals surface area contributed by atoms with E-state index in [0.717, 1.165) is 12.4 Å². The third kappa shape index (κ3) is 10.6. The third-order valence-corrected chi connectivity index (χ3v) is 3.96. The summed E-state index contributed by atoms with van der Waals surface area (Å²) in [4.78, 5) is 5.86. The predicted molar refractivity (Wildman–Crippen MR) is 104 cm³/mol. The zero-order valence-electron chi connectivity index (χ0n) is 15.0. The van der Waals surface area contributed by atoms with Crippen molar-refractivity contribution in [2.75, 3.05) is 26.2 Å². The highest BCUT2D eigenvalue weighted by atomic mass is 127. The highest BCUT2D eigenvalue weighted by Crippen LogP contribution is 2.19. The summed E-state index contributed by atoms with van der Waals surface area (Å²) in [7, 11) is 0. The Hall–Kier alpha value is -0.250. The maximum absolute atomic E-state index is 12.4. The average Bonchev–Trinajstić information content (AvgIpc) is 2.84. The Balaban J connectivity index is 0.00000529. The number of nitrogens with one attached hydrogen (secondary N) is 2. The van der Waals surface area contributed by atoms with E-state index < -0.39 is 12.7 Å². The largest absolute Gasteiger partial charge is 0.401 e. The van der Waals surface area contributed by atoms with E-state index >= 15 is 0 Å². The fourth-order valence-electron chi connectivity index (χ4n) is 2.84. The number of guanidine groups is 1. The standard InChI is InChI=1S/C16H31F3N4.HI/c1-4-6-7-8-13(3)21-15(20-5-2)22-14-9-10-23(11-14)12-16(17,18)19;/h13-14H,4-12H2,1-3H3,(H2,20,21,22);1H. The molecule has 1 saturated heterocycles. The van der Waals surface area contributed by atoms with Crippen LogP contribution in [0.2, 0.25) is 0 Å². The van der Waals surface area contributed by atoms with Crippen LogP contribution >= 0.6 is 24.0 Å². The van der Waals surface area contributed by atoms with E-state index in [1.165, 1.54) is 24.2 Å². The molecule has 2 atom stereocenters. The van der Waals surface area contributed by atoms with E-state index in [4.69, 9.17) is 0 Å². The number of alkyl halides is 3. The van der Waals surface area contributed by atoms with Crippen LogP contribution in [0.1, 0.15) is 52.9 Å². The number of nitrogens with zero attached hydrogens (tertiary/aromatic N) is 2. The molecule has 1 heterocycles. The van der Waals surface area contributed by atoms with Gasteiger partial charge in [0.2, 0.25) is 0 Å². The highest BCUT2D eigenvalue weighted by Gasteiger charge is 2.34. The molecule has 1 aliphatic heterocycles. The van der Waals surface area contributed by atoms with Gasteiger partial charge >= 0.3 is 6.18 Å². The minimum atomic E-state index is -4.12. The van der Waals surface area contributed by atoms with Crippen LogP contribution in [-0.2, 0) is 0 Å². The smallest absolute Gasteiger partial charge is 0.354 e. The van der Waals surface area contributed by atoms with Gasteiger partial charge in [0.15, 0.2) is 5.96 Å². The lowest BCUT2D eigenvalue weighted by atomic mass is 10.1. The van der Waals surface area contributed by atoms with E-state index in [1.54, 1.807) is 0 Å². The fourth-order valence-corrected chi connectivity index (χ4v) is 2.84. The van der Waals surface area contributed by atoms with E-state index in [0.29, 0.717) is 32.1 Å². The van der Waals surface area contributed by atoms with Crippen LogP contribution in [0, 0.1) is 0 Å². The Morgan fingerprint density at radius 2 is 2.00 bits per heavy atom. The SMILES string of the molecule is CCCCCC(C)NC(=NCC)NC1CCN(CC(F)(F)F)C1.I. The number of halogens is 4. The summed E-state index contributed by atoms with van der Waals surface area (Å²) in [5.41, 5.74) is 0. The summed E-state index contributed by atoms with van der Waals surface area (Å²) in [6.07, 6.45) is 1.24. The molecule has 0 aromatic carbocycles. The molecule has 144 valence electrons. The number of likely N-dealkylation sites (tertiary alicyclic amines) is 1. The quantitative estimate of drug-likeness (QED) is 0.249. The topological polar surface area (TPSA) is 39.7 Å². The molecule has 0 radical (unpaired) electrons. The van der Waals surface area contributed by atoms with Gasteiger partial charge in [-0.25, -0.2) is 0 Å². The molecule has 0 aromatic rings. The van der Waals surface area contributed by atoms with Crippen LogP contribution < -0.4 is 10.6 Å². The Bertz CT molecular complexity index is 364. The first-order chi connectivity index (χ1) is 10.8. The lowest BCUT2D eigenvalue weighted by molar-refractivity contribution is -0.143. The molecular formula is C16H32F3IN4. The number of unbranched alkanes of at least 4 members (excludes halogenated alkanes) is 2. The van der Waals surface area contributed by atoms with Gasteiger partial charge in [-0.3, -0.25) is 9.89 Å². The summed E-state index contributed by atoms with van der Waals surface area (Å²) in [5, 5.41) is 6.65. The summed E-state index contributed by atoms with van der Waals surface area (Å²) < 4.78 is 37.3. The molecule has 2 unspecified atom stereocenters. The fraction of sp³-hybridized carbons (Fsp3) is 0.938. The normalized spacial score (nSPS) is 20.6. The summed E-state index contributed by atoms with van der Waals surface area (Å²) in [6, 6.07) is 0.338. The Morgan fingerprint density at radius 1 is 1.29 bits per heavy atom. The molecule has 1 rings (SSSR count). The molecule has 24 heavy (non-hydrogen) atoms. The van der Waals surface area contributed by atoms with Gasteiger partial charge < -0.3 is 10.6 Å². The van der Waals surface area contributed by atoms with Gasteiger partial charge in [0.1, 0.15) is 0 Å². The molecule has 0 aromatic heterocycles. The number of aliphatic imine (C=N–C) groups is 1. The molecule has 8 heteroatoms. The third-order valence-electron chi connectivity index (χ3n) is 3.96. The van der Waals surface area contributed by atoms with E-state index in [-0.39, 0.29) is 30.0 Å². The van der Waals surface area contributed by atoms with Crippen molar-refractivity contribution in [3.05, 3.63) is 0 Å². The summed E-state index contributed by atoms with van der Waals surface area (Å²) in [6.45, 7) is 6.96. The van der Waals surface area contributed by atoms with Gasteiger partial charge in [-0.2, -0.15) is 13.2 Å². The minimum Gasteiger partial charge on any atom is -0.354 e. The van der Waals surface area contributed by atoms with Crippen LogP contribution in [0.4, 0.5) is 13.2 Å². The first kappa shape index (κ1) is 23.8. The monoisotopic (exact) mass is 464 g/mol. The van der Waals surface area contributed by atoms with E-state index in [9.17, 15) is 13.2 Å². The van der Waals surface area contributed by atoms with Crippen molar-refractivity contribution < 1.29 is 13.2 Å². The van der Waals surface area contributed by atoms with Gasteiger partial charge in [-0.05, 0) is 26.7 Å². The lowest BCUT2D eigenvalue weighted by Gasteiger charge is -2.22. The van der Waals surface area contributed by atoms with Gasteiger partial charge in [0, 0.05) is 31.7 Å². The van der Waals surface area contributed by atoms with Crippen LogP contribution in [0.15, 0.2) is 4.99 Å². The van der Waals surface area contributed by atoms with Gasteiger partial charge in [-0.15, -0.1) is 24.0 Å². The molecule has 0 bridgehead atoms. The first-order valence-corrected chi connectivity index (χ1v) is 8.70. The molecule has 0 amide bonds. The van der Waals surface area contributed by atoms with E-state index in [1.807, 2.05) is 6.92 Å². The van der Waals surface area contributed by atoms with Crippen molar-refractivity contribution in [1.82, 2.24) is 15.5 Å². The van der Waals surface area contributed by atoms with Crippen molar-refractivity contribution >= 4 is 29.9 Å². The second-order valence-corrected chi connectivity index (χ2v) is 6.34. The van der Waals surface area contributed by atoms with E-state index in [2.05, 4.69) is 29.5 Å². The Labute approximate surface area is 161 Å². The predicted octanol–water partition coefficient (Wildman–Crippen LogP) is 3.76. The minimum absolute atomic E-state index is 0. The van der Waals surface area contributed by atoms with Crippen molar-refractivity contribution in [1.29, 1.82) is 0 Å². The van der Waals surface area contributed by atoms with Crippen molar-refractivity contribution in [2.45, 2.75) is 71.1 Å². The average molecular weight is 464 g/mol. The first-order valence-electron chi connectivity index (χ1n) is 8.70. The zero-order valence-corrected chi connectivity index (χ0v) is 17.3. The molecule has 1 fully saturated rings. The summed E-state index contributed by atoms with van der Waals surface area (Å²) in [5.74, 6) is 0.718. The Kier molecular flexibility index (Phi) is 12.0. The second kappa shape index (κ2) is 12.2. The summed E-state index contributed by atoms with van der Waals surface area (Å²) >= 11 is 0. The molecular weight excluding hydrogens is 432 g/mol. The maximum atomic E-state index is 12.4. The molecule has 0 saturated carbocycles. The van der Waals surface area contributed by atoms with Gasteiger partial charge in [0.05, 0.1) is 6.54 Å². The van der Waals surface area contributed by atoms with Crippen LogP contribution in [0.5, 0.6) is 0 Å². The van der Waals surface area contributed by atoms with Gasteiger partial charge in [-0.1, -0.05) is 26.2 Å². The second-order valence-electron chi connectivity index (χ2n) is 6.34. The number of hydrogen-bond donors (Lipinski definition) is 2. The van der Waals surface area contributed by atoms with Crippen molar-refractivity contribution in [3.63, 3.8) is 0 Å². The molecule has 1 aliphatic rings. The zero-order chi connectivity index (χ0) is 17.3. The Morgan fingerprint density at radius 3 is 2.58 bits per heavy atom.